The zero-order chi connectivity index (χ0) is 28.2. The van der Waals surface area contributed by atoms with Crippen molar-refractivity contribution in [1.29, 1.82) is 0 Å². The molecule has 0 spiro atoms. The van der Waals surface area contributed by atoms with Crippen LogP contribution in [-0.4, -0.2) is 90.6 Å². The molecule has 4 rings (SSSR count). The van der Waals surface area contributed by atoms with Gasteiger partial charge in [0.2, 0.25) is 0 Å². The summed E-state index contributed by atoms with van der Waals surface area (Å²) in [5.74, 6) is 0.201. The van der Waals surface area contributed by atoms with E-state index < -0.39 is 55.3 Å². The Kier molecular flexibility index (Phi) is 9.52. The summed E-state index contributed by atoms with van der Waals surface area (Å²) in [5, 5.41) is 20.3. The SMILES string of the molecule is COC[C@@H](OP(=O)(S)OC[C@H]1O[C@@H](n2cnc3c(N)ncnc32)C[C@H]1O)[C@@H](CO)OCn1ccc(=O)[nH]c1=O. The van der Waals surface area contributed by atoms with Crippen molar-refractivity contribution < 1.29 is 38.0 Å². The Morgan fingerprint density at radius 3 is 2.85 bits per heavy atom. The van der Waals surface area contributed by atoms with E-state index in [2.05, 4.69) is 32.2 Å². The fraction of sp³-hybridized carbons (Fsp3) is 0.550. The number of fused-ring (bicyclic) bond motifs is 1. The first kappa shape index (κ1) is 29.3. The molecule has 1 aliphatic rings. The molecule has 1 aliphatic heterocycles. The number of ether oxygens (including phenoxy) is 3. The first-order valence-electron chi connectivity index (χ1n) is 11.5. The van der Waals surface area contributed by atoms with Gasteiger partial charge in [0.1, 0.15) is 43.1 Å². The number of aromatic amines is 1. The van der Waals surface area contributed by atoms with E-state index in [9.17, 15) is 24.4 Å². The number of nitrogens with two attached hydrogens (primary N) is 1. The summed E-state index contributed by atoms with van der Waals surface area (Å²) in [5.41, 5.74) is 5.33. The maximum Gasteiger partial charge on any atom is 0.386 e. The van der Waals surface area contributed by atoms with Crippen molar-refractivity contribution in [3.05, 3.63) is 45.8 Å². The number of aliphatic hydroxyl groups excluding tert-OH is 2. The van der Waals surface area contributed by atoms with Gasteiger partial charge in [-0.25, -0.2) is 24.3 Å². The lowest BCUT2D eigenvalue weighted by atomic mass is 10.2. The van der Waals surface area contributed by atoms with E-state index >= 15 is 0 Å². The summed E-state index contributed by atoms with van der Waals surface area (Å²) >= 11 is 4.00. The Labute approximate surface area is 225 Å². The number of aromatic nitrogens is 6. The van der Waals surface area contributed by atoms with Crippen molar-refractivity contribution in [2.45, 2.75) is 43.8 Å². The third-order valence-electron chi connectivity index (χ3n) is 5.82. The van der Waals surface area contributed by atoms with Crippen molar-refractivity contribution in [3.8, 4) is 0 Å². The molecule has 0 aliphatic carbocycles. The van der Waals surface area contributed by atoms with Crippen LogP contribution in [0.5, 0.6) is 0 Å². The highest BCUT2D eigenvalue weighted by molar-refractivity contribution is 8.44. The number of H-pyrrole nitrogens is 1. The molecule has 0 aromatic carbocycles. The fourth-order valence-electron chi connectivity index (χ4n) is 3.86. The van der Waals surface area contributed by atoms with Crippen LogP contribution in [-0.2, 0) is 34.6 Å². The van der Waals surface area contributed by atoms with Gasteiger partial charge in [-0.1, -0.05) is 12.2 Å². The lowest BCUT2D eigenvalue weighted by Crippen LogP contribution is -2.39. The van der Waals surface area contributed by atoms with E-state index in [4.69, 9.17) is 29.0 Å². The summed E-state index contributed by atoms with van der Waals surface area (Å²) in [6.45, 7) is -5.58. The number of imidazole rings is 1. The van der Waals surface area contributed by atoms with Gasteiger partial charge in [0.05, 0.1) is 32.3 Å². The number of hydrogen-bond acceptors (Lipinski definition) is 14. The average molecular weight is 590 g/mol. The number of methoxy groups -OCH3 is 1. The van der Waals surface area contributed by atoms with Crippen molar-refractivity contribution in [2.75, 3.05) is 32.7 Å². The minimum atomic E-state index is -4.10. The molecule has 39 heavy (non-hydrogen) atoms. The quantitative estimate of drug-likeness (QED) is 0.119. The fourth-order valence-corrected chi connectivity index (χ4v) is 5.35. The number of thiol groups is 1. The van der Waals surface area contributed by atoms with Gasteiger partial charge in [0, 0.05) is 25.8 Å². The lowest BCUT2D eigenvalue weighted by Gasteiger charge is -2.28. The minimum absolute atomic E-state index is 0.165. The van der Waals surface area contributed by atoms with Crippen LogP contribution in [0.1, 0.15) is 12.6 Å². The first-order valence-corrected chi connectivity index (χ1v) is 14.2. The molecule has 1 saturated heterocycles. The van der Waals surface area contributed by atoms with E-state index in [0.29, 0.717) is 11.2 Å². The van der Waals surface area contributed by atoms with Crippen LogP contribution in [0.2, 0.25) is 0 Å². The summed E-state index contributed by atoms with van der Waals surface area (Å²) in [7, 11) is 1.35. The molecule has 1 fully saturated rings. The average Bonchev–Trinajstić information content (AvgIpc) is 3.48. The molecule has 1 unspecified atom stereocenters. The molecule has 19 heteroatoms. The van der Waals surface area contributed by atoms with Gasteiger partial charge in [-0.15, -0.1) is 0 Å². The number of nitrogens with one attached hydrogen (secondary N) is 1. The molecule has 0 bridgehead atoms. The topological polar surface area (TPSA) is 228 Å². The van der Waals surface area contributed by atoms with E-state index in [1.807, 2.05) is 0 Å². The molecule has 4 heterocycles. The predicted molar refractivity (Wildman–Crippen MR) is 137 cm³/mol. The molecular weight excluding hydrogens is 561 g/mol. The summed E-state index contributed by atoms with van der Waals surface area (Å²) in [4.78, 5) is 37.4. The van der Waals surface area contributed by atoms with Crippen molar-refractivity contribution >= 4 is 36.0 Å². The van der Waals surface area contributed by atoms with Crippen LogP contribution in [0.15, 0.2) is 34.5 Å². The number of nitrogens with zero attached hydrogens (tertiary/aromatic N) is 5. The van der Waals surface area contributed by atoms with Crippen molar-refractivity contribution in [1.82, 2.24) is 29.1 Å². The van der Waals surface area contributed by atoms with Gasteiger partial charge in [0.15, 0.2) is 11.5 Å². The molecular formula is C20H28N7O10PS. The Hall–Kier alpha value is -2.67. The molecule has 0 radical (unpaired) electrons. The monoisotopic (exact) mass is 589 g/mol. The van der Waals surface area contributed by atoms with Gasteiger partial charge in [-0.2, -0.15) is 0 Å². The number of anilines is 1. The summed E-state index contributed by atoms with van der Waals surface area (Å²) in [6, 6.07) is 1.13. The Bertz CT molecular complexity index is 1430. The molecule has 5 N–H and O–H groups in total. The second-order valence-corrected chi connectivity index (χ2v) is 11.4. The largest absolute Gasteiger partial charge is 0.394 e. The summed E-state index contributed by atoms with van der Waals surface area (Å²) < 4.78 is 43.0. The van der Waals surface area contributed by atoms with Gasteiger partial charge >= 0.3 is 12.5 Å². The normalized spacial score (nSPS) is 22.6. The predicted octanol–water partition coefficient (Wildman–Crippen LogP) is -0.972. The highest BCUT2D eigenvalue weighted by Crippen LogP contribution is 2.55. The first-order chi connectivity index (χ1) is 18.6. The molecule has 3 aromatic heterocycles. The van der Waals surface area contributed by atoms with Crippen LogP contribution >= 0.6 is 19.0 Å². The van der Waals surface area contributed by atoms with Crippen LogP contribution < -0.4 is 17.0 Å². The second-order valence-electron chi connectivity index (χ2n) is 8.48. The van der Waals surface area contributed by atoms with E-state index in [1.165, 1.54) is 26.0 Å². The van der Waals surface area contributed by atoms with Crippen LogP contribution in [0, 0.1) is 0 Å². The summed E-state index contributed by atoms with van der Waals surface area (Å²) in [6.07, 6.45) is -0.656. The zero-order valence-electron chi connectivity index (χ0n) is 20.6. The smallest absolute Gasteiger partial charge is 0.386 e. The highest BCUT2D eigenvalue weighted by atomic mass is 32.7. The third-order valence-corrected chi connectivity index (χ3v) is 7.46. The molecule has 0 amide bonds. The second kappa shape index (κ2) is 12.7. The molecule has 6 atom stereocenters. The van der Waals surface area contributed by atoms with Gasteiger partial charge < -0.3 is 30.2 Å². The Morgan fingerprint density at radius 1 is 1.33 bits per heavy atom. The minimum Gasteiger partial charge on any atom is -0.394 e. The van der Waals surface area contributed by atoms with E-state index in [-0.39, 0.29) is 32.2 Å². The number of aliphatic hydroxyl groups is 2. The van der Waals surface area contributed by atoms with Gasteiger partial charge in [0.25, 0.3) is 5.56 Å². The van der Waals surface area contributed by atoms with Crippen LogP contribution in [0.3, 0.4) is 0 Å². The van der Waals surface area contributed by atoms with E-state index in [1.54, 1.807) is 4.57 Å². The van der Waals surface area contributed by atoms with Gasteiger partial charge in [-0.3, -0.25) is 28.0 Å². The van der Waals surface area contributed by atoms with E-state index in [0.717, 1.165) is 10.6 Å². The maximum absolute atomic E-state index is 13.0. The Morgan fingerprint density at radius 2 is 2.13 bits per heavy atom. The van der Waals surface area contributed by atoms with Crippen molar-refractivity contribution in [2.24, 2.45) is 0 Å². The number of nitrogen functional groups attached to an aromatic ring is 1. The number of hydrogen-bond donors (Lipinski definition) is 5. The van der Waals surface area contributed by atoms with Crippen molar-refractivity contribution in [3.63, 3.8) is 0 Å². The maximum atomic E-state index is 13.0. The third kappa shape index (κ3) is 7.10. The molecule has 214 valence electrons. The van der Waals surface area contributed by atoms with Gasteiger partial charge in [-0.05, 0) is 0 Å². The highest BCUT2D eigenvalue weighted by Gasteiger charge is 2.39. The zero-order valence-corrected chi connectivity index (χ0v) is 22.4. The molecule has 0 saturated carbocycles. The number of rotatable bonds is 13. The van der Waals surface area contributed by atoms with Crippen LogP contribution in [0.4, 0.5) is 5.82 Å². The lowest BCUT2D eigenvalue weighted by molar-refractivity contribution is -0.100. The Balaban J connectivity index is 1.36. The molecule has 3 aromatic rings. The van der Waals surface area contributed by atoms with Crippen LogP contribution in [0.25, 0.3) is 11.2 Å². The molecule has 17 nitrogen and oxygen atoms in total. The standard InChI is InChI=1S/C20H28N7O10PS/c1-33-6-14(12(5-28)34-10-26-3-2-15(30)25-20(26)31)37-38(32,39)35-7-13-11(29)4-16(36-13)27-9-24-17-18(21)22-8-23-19(17)27/h2-3,8-9,11-14,16,28-29H,4-7,10H2,1H3,(H,32,39)(H2,21,22,23)(H,25,30,31)/t11-,12-,13-,14-,16-,38?/m1/s1.